The quantitative estimate of drug-likeness (QED) is 0.826. The Balaban J connectivity index is 2.64. The minimum absolute atomic E-state index is 0.0486. The van der Waals surface area contributed by atoms with Crippen LogP contribution in [0.4, 0.5) is 0 Å². The summed E-state index contributed by atoms with van der Waals surface area (Å²) in [6.45, 7) is 15.5. The average Bonchev–Trinajstić information content (AvgIpc) is 2.63. The van der Waals surface area contributed by atoms with Gasteiger partial charge in [-0.1, -0.05) is 47.6 Å². The van der Waals surface area contributed by atoms with Crippen molar-refractivity contribution in [3.8, 4) is 5.75 Å². The highest BCUT2D eigenvalue weighted by molar-refractivity contribution is 5.53. The largest absolute Gasteiger partial charge is 0.488 e. The number of hydrogen-bond donors (Lipinski definition) is 1. The minimum atomic E-state index is 0.0486. The predicted octanol–water partition coefficient (Wildman–Crippen LogP) is 4.25. The summed E-state index contributed by atoms with van der Waals surface area (Å²) in [7, 11) is 1.66. The molecule has 1 aliphatic heterocycles. The zero-order chi connectivity index (χ0) is 16.0. The van der Waals surface area contributed by atoms with Crippen LogP contribution in [0.2, 0.25) is 0 Å². The zero-order valence-electron chi connectivity index (χ0n) is 14.6. The fourth-order valence-electron chi connectivity index (χ4n) is 2.80. The van der Waals surface area contributed by atoms with Crippen LogP contribution >= 0.6 is 0 Å². The first-order valence-electron chi connectivity index (χ1n) is 7.69. The molecule has 21 heavy (non-hydrogen) atoms. The normalized spacial score (nSPS) is 22.1. The Hall–Kier alpha value is -1.06. The monoisotopic (exact) mass is 291 g/mol. The fraction of sp³-hybridized carbons (Fsp3) is 0.667. The van der Waals surface area contributed by atoms with Gasteiger partial charge in [0.15, 0.2) is 0 Å². The first-order chi connectivity index (χ1) is 9.55. The van der Waals surface area contributed by atoms with Crippen molar-refractivity contribution in [1.29, 1.82) is 0 Å². The number of benzene rings is 1. The van der Waals surface area contributed by atoms with Crippen LogP contribution in [0.5, 0.6) is 5.75 Å². The Morgan fingerprint density at radius 2 is 1.67 bits per heavy atom. The van der Waals surface area contributed by atoms with Crippen LogP contribution in [0, 0.1) is 0 Å². The number of fused-ring (bicyclic) bond motifs is 1. The highest BCUT2D eigenvalue weighted by atomic mass is 16.6. The molecule has 2 atom stereocenters. The first kappa shape index (κ1) is 16.3. The summed E-state index contributed by atoms with van der Waals surface area (Å²) in [5, 5.41) is 0. The molecule has 0 amide bonds. The van der Waals surface area contributed by atoms with E-state index in [9.17, 15) is 0 Å². The van der Waals surface area contributed by atoms with E-state index in [0.29, 0.717) is 0 Å². The van der Waals surface area contributed by atoms with Crippen molar-refractivity contribution in [3.63, 3.8) is 0 Å². The summed E-state index contributed by atoms with van der Waals surface area (Å²) >= 11 is 0. The van der Waals surface area contributed by atoms with E-state index in [1.807, 2.05) is 0 Å². The van der Waals surface area contributed by atoms with Crippen molar-refractivity contribution in [1.82, 2.24) is 5.48 Å². The molecule has 0 spiro atoms. The van der Waals surface area contributed by atoms with Gasteiger partial charge in [0.2, 0.25) is 0 Å². The first-order valence-corrected chi connectivity index (χ1v) is 7.69. The smallest absolute Gasteiger partial charge is 0.128 e. The van der Waals surface area contributed by atoms with Crippen LogP contribution in [-0.2, 0) is 15.7 Å². The number of hydrogen-bond acceptors (Lipinski definition) is 3. The van der Waals surface area contributed by atoms with E-state index in [1.54, 1.807) is 7.11 Å². The number of ether oxygens (including phenoxy) is 1. The number of hydroxylamine groups is 1. The van der Waals surface area contributed by atoms with Gasteiger partial charge in [-0.05, 0) is 29.4 Å². The lowest BCUT2D eigenvalue weighted by Crippen LogP contribution is -2.28. The molecule has 1 aliphatic rings. The van der Waals surface area contributed by atoms with Crippen LogP contribution < -0.4 is 10.2 Å². The van der Waals surface area contributed by atoms with Crippen LogP contribution in [0.15, 0.2) is 12.1 Å². The maximum absolute atomic E-state index is 6.15. The molecular weight excluding hydrogens is 262 g/mol. The summed E-state index contributed by atoms with van der Waals surface area (Å²) in [5.41, 5.74) is 7.07. The van der Waals surface area contributed by atoms with Crippen LogP contribution in [0.25, 0.3) is 0 Å². The Kier molecular flexibility index (Phi) is 4.11. The Morgan fingerprint density at radius 1 is 1.05 bits per heavy atom. The molecule has 0 saturated carbocycles. The van der Waals surface area contributed by atoms with Gasteiger partial charge in [-0.2, -0.15) is 5.48 Å². The highest BCUT2D eigenvalue weighted by Crippen LogP contribution is 2.45. The second-order valence-electron chi connectivity index (χ2n) is 8.06. The minimum Gasteiger partial charge on any atom is -0.488 e. The second-order valence-corrected chi connectivity index (χ2v) is 8.06. The van der Waals surface area contributed by atoms with Gasteiger partial charge in [0.25, 0.3) is 0 Å². The number of rotatable bonds is 2. The third-order valence-corrected chi connectivity index (χ3v) is 4.14. The molecule has 3 heteroatoms. The van der Waals surface area contributed by atoms with Gasteiger partial charge in [0, 0.05) is 11.1 Å². The van der Waals surface area contributed by atoms with E-state index < -0.39 is 0 Å². The van der Waals surface area contributed by atoms with E-state index in [0.717, 1.165) is 5.75 Å². The fourth-order valence-corrected chi connectivity index (χ4v) is 2.80. The van der Waals surface area contributed by atoms with Crippen molar-refractivity contribution < 1.29 is 9.57 Å². The summed E-state index contributed by atoms with van der Waals surface area (Å²) < 4.78 is 6.15. The van der Waals surface area contributed by atoms with Crippen molar-refractivity contribution in [2.24, 2.45) is 0 Å². The van der Waals surface area contributed by atoms with Gasteiger partial charge in [0.1, 0.15) is 11.9 Å². The average molecular weight is 291 g/mol. The molecule has 0 fully saturated rings. The van der Waals surface area contributed by atoms with Gasteiger partial charge in [0.05, 0.1) is 13.2 Å². The Morgan fingerprint density at radius 3 is 2.14 bits per heavy atom. The molecule has 0 radical (unpaired) electrons. The molecule has 1 aromatic rings. The summed E-state index contributed by atoms with van der Waals surface area (Å²) in [5.74, 6) is 1.03. The predicted molar refractivity (Wildman–Crippen MR) is 86.8 cm³/mol. The molecule has 1 N–H and O–H groups in total. The third kappa shape index (κ3) is 3.09. The highest BCUT2D eigenvalue weighted by Gasteiger charge is 2.37. The van der Waals surface area contributed by atoms with Crippen molar-refractivity contribution in [3.05, 3.63) is 28.8 Å². The van der Waals surface area contributed by atoms with E-state index in [2.05, 4.69) is 66.1 Å². The molecular formula is C18H29NO2. The van der Waals surface area contributed by atoms with Crippen molar-refractivity contribution >= 4 is 0 Å². The van der Waals surface area contributed by atoms with Gasteiger partial charge < -0.3 is 9.57 Å². The molecule has 0 aromatic heterocycles. The zero-order valence-corrected chi connectivity index (χ0v) is 14.6. The number of nitrogens with one attached hydrogen (secondary N) is 1. The molecule has 1 heterocycles. The van der Waals surface area contributed by atoms with Gasteiger partial charge in [-0.3, -0.25) is 0 Å². The summed E-state index contributed by atoms with van der Waals surface area (Å²) in [4.78, 5) is 5.17. The molecule has 3 nitrogen and oxygen atoms in total. The van der Waals surface area contributed by atoms with E-state index in [-0.39, 0.29) is 23.0 Å². The molecule has 1 aromatic carbocycles. The second kappa shape index (κ2) is 5.29. The topological polar surface area (TPSA) is 30.5 Å². The lowest BCUT2D eigenvalue weighted by Gasteiger charge is -2.27. The summed E-state index contributed by atoms with van der Waals surface area (Å²) in [6.07, 6.45) is 0.0660. The van der Waals surface area contributed by atoms with E-state index >= 15 is 0 Å². The van der Waals surface area contributed by atoms with E-state index in [4.69, 9.17) is 9.57 Å². The third-order valence-electron chi connectivity index (χ3n) is 4.14. The lowest BCUT2D eigenvalue weighted by molar-refractivity contribution is 0.0337. The molecule has 0 saturated heterocycles. The van der Waals surface area contributed by atoms with Gasteiger partial charge >= 0.3 is 0 Å². The standard InChI is InChI=1S/C18H29NO2/c1-11-15(19-20-8)13-9-12(17(2,3)4)10-14(16(13)21-11)18(5,6)7/h9-11,15,19H,1-8H3. The lowest BCUT2D eigenvalue weighted by atomic mass is 9.78. The molecule has 2 unspecified atom stereocenters. The molecule has 2 rings (SSSR count). The molecule has 0 bridgehead atoms. The Labute approximate surface area is 129 Å². The van der Waals surface area contributed by atoms with Gasteiger partial charge in [-0.25, -0.2) is 0 Å². The van der Waals surface area contributed by atoms with E-state index in [1.165, 1.54) is 16.7 Å². The Bertz CT molecular complexity index is 523. The maximum Gasteiger partial charge on any atom is 0.128 e. The van der Waals surface area contributed by atoms with Gasteiger partial charge in [-0.15, -0.1) is 0 Å². The van der Waals surface area contributed by atoms with Crippen LogP contribution in [0.1, 0.15) is 71.2 Å². The van der Waals surface area contributed by atoms with Crippen LogP contribution in [-0.4, -0.2) is 13.2 Å². The summed E-state index contributed by atoms with van der Waals surface area (Å²) in [6, 6.07) is 4.65. The maximum atomic E-state index is 6.15. The van der Waals surface area contributed by atoms with Crippen LogP contribution in [0.3, 0.4) is 0 Å². The SMILES string of the molecule is CONC1c2cc(C(C)(C)C)cc(C(C)(C)C)c2OC1C. The van der Waals surface area contributed by atoms with Crippen molar-refractivity contribution in [2.75, 3.05) is 7.11 Å². The van der Waals surface area contributed by atoms with Crippen molar-refractivity contribution in [2.45, 2.75) is 71.4 Å². The molecule has 118 valence electrons. The molecule has 0 aliphatic carbocycles.